The highest BCUT2D eigenvalue weighted by atomic mass is 14.9. The van der Waals surface area contributed by atoms with Crippen LogP contribution >= 0.6 is 0 Å². The van der Waals surface area contributed by atoms with Gasteiger partial charge in [0, 0.05) is 23.2 Å². The van der Waals surface area contributed by atoms with Crippen LogP contribution in [0.1, 0.15) is 51.0 Å². The maximum absolute atomic E-state index is 4.59. The van der Waals surface area contributed by atoms with Gasteiger partial charge in [0.1, 0.15) is 5.82 Å². The van der Waals surface area contributed by atoms with E-state index in [0.29, 0.717) is 5.92 Å². The fourth-order valence-corrected chi connectivity index (χ4v) is 1.33. The van der Waals surface area contributed by atoms with Gasteiger partial charge >= 0.3 is 0 Å². The largest absolute Gasteiger partial charge is 0.241 e. The third-order valence-corrected chi connectivity index (χ3v) is 2.39. The van der Waals surface area contributed by atoms with Crippen molar-refractivity contribution in [1.29, 1.82) is 0 Å². The Labute approximate surface area is 79.4 Å². The summed E-state index contributed by atoms with van der Waals surface area (Å²) in [7, 11) is 0. The Morgan fingerprint density at radius 3 is 2.54 bits per heavy atom. The molecule has 0 bridgehead atoms. The molecule has 0 spiro atoms. The first kappa shape index (κ1) is 8.67. The Balaban J connectivity index is 2.32. The molecule has 1 aliphatic rings. The average molecular weight is 176 g/mol. The van der Waals surface area contributed by atoms with Crippen molar-refractivity contribution in [2.24, 2.45) is 0 Å². The van der Waals surface area contributed by atoms with Crippen molar-refractivity contribution >= 4 is 0 Å². The molecule has 0 unspecified atom stereocenters. The lowest BCUT2D eigenvalue weighted by Crippen LogP contribution is -2.14. The molecule has 0 radical (unpaired) electrons. The van der Waals surface area contributed by atoms with Gasteiger partial charge in [0.05, 0.1) is 0 Å². The molecule has 2 heteroatoms. The maximum atomic E-state index is 4.59. The smallest absolute Gasteiger partial charge is 0.131 e. The van der Waals surface area contributed by atoms with Gasteiger partial charge in [-0.2, -0.15) is 0 Å². The van der Waals surface area contributed by atoms with Gasteiger partial charge in [-0.1, -0.05) is 20.8 Å². The first-order valence-electron chi connectivity index (χ1n) is 4.91. The average Bonchev–Trinajstić information content (AvgIpc) is 2.85. The van der Waals surface area contributed by atoms with Crippen LogP contribution in [0.5, 0.6) is 0 Å². The van der Waals surface area contributed by atoms with Gasteiger partial charge in [-0.25, -0.2) is 9.97 Å². The van der Waals surface area contributed by atoms with E-state index in [1.54, 1.807) is 0 Å². The molecule has 1 aromatic rings. The van der Waals surface area contributed by atoms with Gasteiger partial charge < -0.3 is 0 Å². The van der Waals surface area contributed by atoms with E-state index in [-0.39, 0.29) is 5.41 Å². The summed E-state index contributed by atoms with van der Waals surface area (Å²) in [5, 5.41) is 0. The van der Waals surface area contributed by atoms with Crippen molar-refractivity contribution in [1.82, 2.24) is 9.97 Å². The molecule has 0 aliphatic heterocycles. The Kier molecular flexibility index (Phi) is 1.86. The molecule has 0 aromatic carbocycles. The van der Waals surface area contributed by atoms with Gasteiger partial charge in [0.25, 0.3) is 0 Å². The van der Waals surface area contributed by atoms with Crippen LogP contribution < -0.4 is 0 Å². The minimum atomic E-state index is 0.145. The number of hydrogen-bond donors (Lipinski definition) is 0. The molecule has 0 amide bonds. The van der Waals surface area contributed by atoms with Gasteiger partial charge in [-0.05, 0) is 18.9 Å². The Morgan fingerprint density at radius 2 is 2.00 bits per heavy atom. The molecule has 70 valence electrons. The lowest BCUT2D eigenvalue weighted by Gasteiger charge is -2.17. The lowest BCUT2D eigenvalue weighted by molar-refractivity contribution is 0.562. The molecule has 13 heavy (non-hydrogen) atoms. The lowest BCUT2D eigenvalue weighted by atomic mass is 9.92. The maximum Gasteiger partial charge on any atom is 0.131 e. The Bertz CT molecular complexity index is 308. The summed E-state index contributed by atoms with van der Waals surface area (Å²) in [4.78, 5) is 8.90. The second-order valence-corrected chi connectivity index (χ2v) is 4.82. The number of nitrogens with zero attached hydrogens (tertiary/aromatic N) is 2. The highest BCUT2D eigenvalue weighted by molar-refractivity contribution is 5.15. The quantitative estimate of drug-likeness (QED) is 0.657. The fraction of sp³-hybridized carbons (Fsp3) is 0.636. The third kappa shape index (κ3) is 1.87. The van der Waals surface area contributed by atoms with E-state index in [1.807, 2.05) is 12.3 Å². The normalized spacial score (nSPS) is 17.5. The molecule has 2 nitrogen and oxygen atoms in total. The van der Waals surface area contributed by atoms with Crippen molar-refractivity contribution < 1.29 is 0 Å². The van der Waals surface area contributed by atoms with Crippen molar-refractivity contribution in [3.63, 3.8) is 0 Å². The van der Waals surface area contributed by atoms with Crippen LogP contribution in [0.25, 0.3) is 0 Å². The Morgan fingerprint density at radius 1 is 1.31 bits per heavy atom. The monoisotopic (exact) mass is 176 g/mol. The SMILES string of the molecule is CC(C)(C)c1ccnc(C2CC2)n1. The summed E-state index contributed by atoms with van der Waals surface area (Å²) in [6.07, 6.45) is 4.43. The minimum Gasteiger partial charge on any atom is -0.241 e. The molecule has 1 fully saturated rings. The summed E-state index contributed by atoms with van der Waals surface area (Å²) >= 11 is 0. The van der Waals surface area contributed by atoms with Crippen molar-refractivity contribution in [2.75, 3.05) is 0 Å². The van der Waals surface area contributed by atoms with E-state index in [4.69, 9.17) is 0 Å². The second-order valence-electron chi connectivity index (χ2n) is 4.82. The predicted octanol–water partition coefficient (Wildman–Crippen LogP) is 2.65. The molecule has 2 rings (SSSR count). The first-order chi connectivity index (χ1) is 6.07. The molecule has 1 aromatic heterocycles. The molecule has 0 atom stereocenters. The Hall–Kier alpha value is -0.920. The summed E-state index contributed by atoms with van der Waals surface area (Å²) in [5.41, 5.74) is 1.30. The van der Waals surface area contributed by atoms with Crippen LogP contribution in [0.4, 0.5) is 0 Å². The van der Waals surface area contributed by atoms with Crippen molar-refractivity contribution in [3.05, 3.63) is 23.8 Å². The molecule has 1 heterocycles. The number of aromatic nitrogens is 2. The fourth-order valence-electron chi connectivity index (χ4n) is 1.33. The highest BCUT2D eigenvalue weighted by Gasteiger charge is 2.27. The van der Waals surface area contributed by atoms with Crippen LogP contribution in [0, 0.1) is 0 Å². The topological polar surface area (TPSA) is 25.8 Å². The molecule has 1 aliphatic carbocycles. The molecular formula is C11H16N2. The van der Waals surface area contributed by atoms with Gasteiger partial charge in [0.15, 0.2) is 0 Å². The van der Waals surface area contributed by atoms with E-state index in [0.717, 1.165) is 11.5 Å². The zero-order chi connectivity index (χ0) is 9.47. The molecule has 0 saturated heterocycles. The van der Waals surface area contributed by atoms with Gasteiger partial charge in [0.2, 0.25) is 0 Å². The van der Waals surface area contributed by atoms with Crippen molar-refractivity contribution in [2.45, 2.75) is 44.9 Å². The van der Waals surface area contributed by atoms with Crippen LogP contribution in [0.15, 0.2) is 12.3 Å². The minimum absolute atomic E-state index is 0.145. The number of hydrogen-bond acceptors (Lipinski definition) is 2. The van der Waals surface area contributed by atoms with Gasteiger partial charge in [-0.15, -0.1) is 0 Å². The summed E-state index contributed by atoms with van der Waals surface area (Å²) in [6.45, 7) is 6.56. The zero-order valence-electron chi connectivity index (χ0n) is 8.54. The first-order valence-corrected chi connectivity index (χ1v) is 4.91. The standard InChI is InChI=1S/C11H16N2/c1-11(2,3)9-6-7-12-10(13-9)8-4-5-8/h6-8H,4-5H2,1-3H3. The number of rotatable bonds is 1. The van der Waals surface area contributed by atoms with Crippen LogP contribution in [-0.4, -0.2) is 9.97 Å². The molecule has 0 N–H and O–H groups in total. The van der Waals surface area contributed by atoms with Crippen LogP contribution in [0.3, 0.4) is 0 Å². The zero-order valence-corrected chi connectivity index (χ0v) is 8.54. The van der Waals surface area contributed by atoms with E-state index in [1.165, 1.54) is 12.8 Å². The molecular weight excluding hydrogens is 160 g/mol. The predicted molar refractivity (Wildman–Crippen MR) is 52.7 cm³/mol. The summed E-state index contributed by atoms with van der Waals surface area (Å²) in [6, 6.07) is 2.02. The summed E-state index contributed by atoms with van der Waals surface area (Å²) < 4.78 is 0. The summed E-state index contributed by atoms with van der Waals surface area (Å²) in [5.74, 6) is 1.70. The van der Waals surface area contributed by atoms with Crippen LogP contribution in [-0.2, 0) is 5.41 Å². The second kappa shape index (κ2) is 2.79. The molecule has 1 saturated carbocycles. The van der Waals surface area contributed by atoms with E-state index < -0.39 is 0 Å². The van der Waals surface area contributed by atoms with Crippen molar-refractivity contribution in [3.8, 4) is 0 Å². The van der Waals surface area contributed by atoms with Crippen LogP contribution in [0.2, 0.25) is 0 Å². The third-order valence-electron chi connectivity index (χ3n) is 2.39. The van der Waals surface area contributed by atoms with Gasteiger partial charge in [-0.3, -0.25) is 0 Å². The highest BCUT2D eigenvalue weighted by Crippen LogP contribution is 2.38. The van der Waals surface area contributed by atoms with E-state index in [9.17, 15) is 0 Å². The van der Waals surface area contributed by atoms with E-state index >= 15 is 0 Å². The van der Waals surface area contributed by atoms with E-state index in [2.05, 4.69) is 30.7 Å².